The monoisotopic (exact) mass is 396 g/mol. The summed E-state index contributed by atoms with van der Waals surface area (Å²) < 4.78 is 5.25. The van der Waals surface area contributed by atoms with Gasteiger partial charge in [0, 0.05) is 48.6 Å². The number of aromatic nitrogens is 3. The highest BCUT2D eigenvalue weighted by atomic mass is 35.5. The second-order valence-electron chi connectivity index (χ2n) is 6.45. The second-order valence-corrected chi connectivity index (χ2v) is 6.89. The molecule has 4 rings (SSSR count). The molecule has 1 fully saturated rings. The van der Waals surface area contributed by atoms with E-state index in [0.717, 1.165) is 54.1 Å². The van der Waals surface area contributed by atoms with Gasteiger partial charge in [-0.25, -0.2) is 0 Å². The van der Waals surface area contributed by atoms with Crippen molar-refractivity contribution in [3.05, 3.63) is 59.8 Å². The molecule has 0 amide bonds. The molecule has 28 heavy (non-hydrogen) atoms. The molecule has 0 bridgehead atoms. The molecule has 8 heteroatoms. The molecule has 7 nitrogen and oxygen atoms in total. The molecule has 1 aliphatic rings. The molecule has 0 saturated carbocycles. The average Bonchev–Trinajstić information content (AvgIpc) is 2.74. The largest absolute Gasteiger partial charge is 0.497 e. The molecule has 0 spiro atoms. The first-order valence-corrected chi connectivity index (χ1v) is 9.45. The van der Waals surface area contributed by atoms with Crippen molar-refractivity contribution in [3.63, 3.8) is 0 Å². The number of halogens is 1. The van der Waals surface area contributed by atoms with Crippen molar-refractivity contribution in [2.75, 3.05) is 48.4 Å². The summed E-state index contributed by atoms with van der Waals surface area (Å²) >= 11 is 6.11. The Morgan fingerprint density at radius 1 is 1.00 bits per heavy atom. The Hall–Kier alpha value is -3.06. The van der Waals surface area contributed by atoms with Gasteiger partial charge in [-0.3, -0.25) is 0 Å². The van der Waals surface area contributed by atoms with Crippen LogP contribution in [0.3, 0.4) is 0 Å². The minimum atomic E-state index is 0.461. The van der Waals surface area contributed by atoms with Crippen molar-refractivity contribution in [3.8, 4) is 5.75 Å². The van der Waals surface area contributed by atoms with Gasteiger partial charge in [0.1, 0.15) is 5.75 Å². The number of ether oxygens (including phenoxy) is 1. The molecule has 0 radical (unpaired) electrons. The lowest BCUT2D eigenvalue weighted by atomic mass is 10.2. The molecular formula is C20H21ClN6O. The van der Waals surface area contributed by atoms with Crippen LogP contribution in [-0.4, -0.2) is 48.5 Å². The van der Waals surface area contributed by atoms with E-state index in [9.17, 15) is 0 Å². The highest BCUT2D eigenvalue weighted by Crippen LogP contribution is 2.23. The minimum absolute atomic E-state index is 0.461. The fraction of sp³-hybridized carbons (Fsp3) is 0.250. The van der Waals surface area contributed by atoms with Gasteiger partial charge < -0.3 is 19.9 Å². The Morgan fingerprint density at radius 3 is 2.57 bits per heavy atom. The lowest BCUT2D eigenvalue weighted by Gasteiger charge is -2.36. The molecule has 0 aliphatic carbocycles. The molecule has 2 heterocycles. The van der Waals surface area contributed by atoms with E-state index >= 15 is 0 Å². The first-order valence-electron chi connectivity index (χ1n) is 9.07. The Kier molecular flexibility index (Phi) is 5.43. The number of hydrogen-bond donors (Lipinski definition) is 1. The Morgan fingerprint density at radius 2 is 1.79 bits per heavy atom. The van der Waals surface area contributed by atoms with E-state index in [-0.39, 0.29) is 0 Å². The molecular weight excluding hydrogens is 376 g/mol. The zero-order valence-electron chi connectivity index (χ0n) is 15.5. The van der Waals surface area contributed by atoms with Crippen LogP contribution < -0.4 is 19.9 Å². The number of methoxy groups -OCH3 is 1. The maximum Gasteiger partial charge on any atom is 0.249 e. The van der Waals surface area contributed by atoms with Crippen molar-refractivity contribution in [1.29, 1.82) is 0 Å². The predicted octanol–water partition coefficient (Wildman–Crippen LogP) is 3.60. The second kappa shape index (κ2) is 8.31. The van der Waals surface area contributed by atoms with Gasteiger partial charge >= 0.3 is 0 Å². The number of rotatable bonds is 5. The van der Waals surface area contributed by atoms with Crippen molar-refractivity contribution in [1.82, 2.24) is 15.2 Å². The molecule has 0 unspecified atom stereocenters. The number of benzene rings is 2. The Bertz CT molecular complexity index is 945. The number of hydrogen-bond acceptors (Lipinski definition) is 7. The van der Waals surface area contributed by atoms with Crippen molar-refractivity contribution >= 4 is 34.7 Å². The molecule has 3 aromatic rings. The Balaban J connectivity index is 1.42. The van der Waals surface area contributed by atoms with Crippen LogP contribution >= 0.6 is 11.6 Å². The lowest BCUT2D eigenvalue weighted by Crippen LogP contribution is -2.46. The summed E-state index contributed by atoms with van der Waals surface area (Å²) in [6.07, 6.45) is 1.70. The van der Waals surface area contributed by atoms with Gasteiger partial charge in [0.15, 0.2) is 5.82 Å². The first kappa shape index (κ1) is 18.3. The van der Waals surface area contributed by atoms with Crippen LogP contribution in [0.4, 0.5) is 23.1 Å². The SMILES string of the molecule is COc1cccc(Nc2nncc(N3CCN(c4cccc(Cl)c4)CC3)n2)c1. The average molecular weight is 397 g/mol. The van der Waals surface area contributed by atoms with E-state index in [4.69, 9.17) is 16.3 Å². The molecule has 1 N–H and O–H groups in total. The third kappa shape index (κ3) is 4.26. The third-order valence-electron chi connectivity index (χ3n) is 4.65. The third-order valence-corrected chi connectivity index (χ3v) is 4.88. The molecule has 1 aromatic heterocycles. The van der Waals surface area contributed by atoms with E-state index in [0.29, 0.717) is 5.95 Å². The van der Waals surface area contributed by atoms with Crippen LogP contribution in [0.25, 0.3) is 0 Å². The number of piperazine rings is 1. The van der Waals surface area contributed by atoms with Crippen LogP contribution in [0.2, 0.25) is 5.02 Å². The fourth-order valence-corrected chi connectivity index (χ4v) is 3.38. The normalized spacial score (nSPS) is 14.1. The lowest BCUT2D eigenvalue weighted by molar-refractivity contribution is 0.415. The summed E-state index contributed by atoms with van der Waals surface area (Å²) in [5, 5.41) is 12.1. The van der Waals surface area contributed by atoms with E-state index in [1.54, 1.807) is 13.3 Å². The van der Waals surface area contributed by atoms with Crippen molar-refractivity contribution < 1.29 is 4.74 Å². The van der Waals surface area contributed by atoms with Gasteiger partial charge in [-0.15, -0.1) is 5.10 Å². The first-order chi connectivity index (χ1) is 13.7. The zero-order valence-corrected chi connectivity index (χ0v) is 16.3. The molecule has 0 atom stereocenters. The molecule has 144 valence electrons. The standard InChI is InChI=1S/C20H21ClN6O/c1-28-18-7-3-5-16(13-18)23-20-24-19(14-22-25-20)27-10-8-26(9-11-27)17-6-2-4-15(21)12-17/h2-7,12-14H,8-11H2,1H3,(H,23,24,25). The summed E-state index contributed by atoms with van der Waals surface area (Å²) in [6, 6.07) is 15.6. The summed E-state index contributed by atoms with van der Waals surface area (Å²) in [5.74, 6) is 2.04. The maximum absolute atomic E-state index is 6.11. The maximum atomic E-state index is 6.11. The predicted molar refractivity (Wildman–Crippen MR) is 112 cm³/mol. The molecule has 1 saturated heterocycles. The number of nitrogens with one attached hydrogen (secondary N) is 1. The van der Waals surface area contributed by atoms with Gasteiger partial charge in [0.25, 0.3) is 0 Å². The van der Waals surface area contributed by atoms with Gasteiger partial charge in [0.2, 0.25) is 5.95 Å². The van der Waals surface area contributed by atoms with Crippen LogP contribution in [-0.2, 0) is 0 Å². The van der Waals surface area contributed by atoms with E-state index in [2.05, 4.69) is 36.4 Å². The van der Waals surface area contributed by atoms with E-state index in [1.165, 1.54) is 0 Å². The minimum Gasteiger partial charge on any atom is -0.497 e. The molecule has 1 aliphatic heterocycles. The van der Waals surface area contributed by atoms with Gasteiger partial charge in [-0.1, -0.05) is 23.7 Å². The van der Waals surface area contributed by atoms with Crippen molar-refractivity contribution in [2.45, 2.75) is 0 Å². The van der Waals surface area contributed by atoms with Gasteiger partial charge in [-0.05, 0) is 30.3 Å². The van der Waals surface area contributed by atoms with Crippen LogP contribution in [0.15, 0.2) is 54.7 Å². The summed E-state index contributed by atoms with van der Waals surface area (Å²) in [6.45, 7) is 3.49. The van der Waals surface area contributed by atoms with Gasteiger partial charge in [0.05, 0.1) is 13.3 Å². The zero-order chi connectivity index (χ0) is 19.3. The number of nitrogens with zero attached hydrogens (tertiary/aromatic N) is 5. The van der Waals surface area contributed by atoms with Gasteiger partial charge in [-0.2, -0.15) is 10.1 Å². The molecule has 2 aromatic carbocycles. The number of anilines is 4. The highest BCUT2D eigenvalue weighted by molar-refractivity contribution is 6.30. The van der Waals surface area contributed by atoms with Crippen LogP contribution in [0.5, 0.6) is 5.75 Å². The fourth-order valence-electron chi connectivity index (χ4n) is 3.20. The quantitative estimate of drug-likeness (QED) is 0.706. The summed E-state index contributed by atoms with van der Waals surface area (Å²) in [4.78, 5) is 9.16. The van der Waals surface area contributed by atoms with E-state index in [1.807, 2.05) is 42.5 Å². The highest BCUT2D eigenvalue weighted by Gasteiger charge is 2.19. The smallest absolute Gasteiger partial charge is 0.249 e. The van der Waals surface area contributed by atoms with Crippen LogP contribution in [0.1, 0.15) is 0 Å². The Labute approximate surface area is 168 Å². The van der Waals surface area contributed by atoms with Crippen molar-refractivity contribution in [2.24, 2.45) is 0 Å². The van der Waals surface area contributed by atoms with Crippen LogP contribution in [0, 0.1) is 0 Å². The van der Waals surface area contributed by atoms with E-state index < -0.39 is 0 Å². The topological polar surface area (TPSA) is 66.4 Å². The summed E-state index contributed by atoms with van der Waals surface area (Å²) in [7, 11) is 1.64. The summed E-state index contributed by atoms with van der Waals surface area (Å²) in [5.41, 5.74) is 2.00.